The highest BCUT2D eigenvalue weighted by molar-refractivity contribution is 6.02. The molecule has 0 spiro atoms. The van der Waals surface area contributed by atoms with Gasteiger partial charge in [-0.25, -0.2) is 9.97 Å². The van der Waals surface area contributed by atoms with Crippen LogP contribution in [0.15, 0.2) is 67.5 Å². The average molecular weight is 502 g/mol. The summed E-state index contributed by atoms with van der Waals surface area (Å²) in [6.07, 6.45) is 5.39. The predicted molar refractivity (Wildman–Crippen MR) is 152 cm³/mol. The average Bonchev–Trinajstić information content (AvgIpc) is 3.32. The largest absolute Gasteiger partial charge is 0.494 e. The number of amides is 1. The maximum absolute atomic E-state index is 12.3. The van der Waals surface area contributed by atoms with Gasteiger partial charge in [-0.2, -0.15) is 0 Å². The summed E-state index contributed by atoms with van der Waals surface area (Å²) in [4.78, 5) is 23.4. The Hall–Kier alpha value is -4.33. The summed E-state index contributed by atoms with van der Waals surface area (Å²) >= 11 is 0. The maximum atomic E-state index is 12.3. The standard InChI is InChI=1S/C29H34N6O2/c1-7-28(36)31-23-16-24(27(37-6)17-26(23)34(4)15-13-19(2)3)33-29-30-14-12-22(32-29)21-18-35(5)25-11-9-8-10-20(21)25/h7-12,14,16-19H,1,13,15H2,2-6H3,(H,31,36)(H,30,32,33)/i5D3. The number of benzene rings is 2. The summed E-state index contributed by atoms with van der Waals surface area (Å²) in [7, 11) is 3.54. The molecule has 0 unspecified atom stereocenters. The molecule has 2 aromatic heterocycles. The Morgan fingerprint density at radius 1 is 1.27 bits per heavy atom. The fourth-order valence-corrected chi connectivity index (χ4v) is 4.08. The van der Waals surface area contributed by atoms with Crippen molar-refractivity contribution in [2.45, 2.75) is 20.3 Å². The number of carbonyl (C=O) groups is 1. The van der Waals surface area contributed by atoms with Crippen LogP contribution in [-0.4, -0.2) is 41.1 Å². The molecule has 2 heterocycles. The first-order valence-corrected chi connectivity index (χ1v) is 12.1. The summed E-state index contributed by atoms with van der Waals surface area (Å²) in [6, 6.07) is 12.7. The number of hydrogen-bond donors (Lipinski definition) is 2. The molecule has 2 N–H and O–H groups in total. The first-order chi connectivity index (χ1) is 19.0. The molecule has 0 atom stereocenters. The molecule has 0 aliphatic carbocycles. The van der Waals surface area contributed by atoms with E-state index in [-0.39, 0.29) is 11.9 Å². The van der Waals surface area contributed by atoms with Crippen LogP contribution < -0.4 is 20.3 Å². The van der Waals surface area contributed by atoms with Crippen molar-refractivity contribution in [1.29, 1.82) is 0 Å². The van der Waals surface area contributed by atoms with Crippen LogP contribution in [0.25, 0.3) is 22.2 Å². The van der Waals surface area contributed by atoms with Crippen molar-refractivity contribution in [1.82, 2.24) is 14.5 Å². The molecule has 0 aliphatic heterocycles. The lowest BCUT2D eigenvalue weighted by Gasteiger charge is -2.25. The maximum Gasteiger partial charge on any atom is 0.247 e. The molecule has 4 rings (SSSR count). The van der Waals surface area contributed by atoms with Gasteiger partial charge < -0.3 is 24.8 Å². The fraction of sp³-hybridized carbons (Fsp3) is 0.276. The lowest BCUT2D eigenvalue weighted by molar-refractivity contribution is -0.111. The third-order valence-corrected chi connectivity index (χ3v) is 6.10. The van der Waals surface area contributed by atoms with Gasteiger partial charge in [0.25, 0.3) is 0 Å². The molecule has 0 saturated heterocycles. The smallest absolute Gasteiger partial charge is 0.247 e. The molecule has 8 nitrogen and oxygen atoms in total. The second kappa shape index (κ2) is 11.2. The van der Waals surface area contributed by atoms with Gasteiger partial charge in [-0.05, 0) is 36.6 Å². The van der Waals surface area contributed by atoms with Gasteiger partial charge in [0.1, 0.15) is 5.75 Å². The molecule has 2 aromatic carbocycles. The van der Waals surface area contributed by atoms with Crippen LogP contribution in [-0.2, 0) is 11.8 Å². The van der Waals surface area contributed by atoms with E-state index in [0.717, 1.165) is 24.0 Å². The number of nitrogens with one attached hydrogen (secondary N) is 2. The molecule has 192 valence electrons. The van der Waals surface area contributed by atoms with Crippen molar-refractivity contribution in [3.8, 4) is 17.0 Å². The van der Waals surface area contributed by atoms with Gasteiger partial charge in [0, 0.05) is 59.6 Å². The number of hydrogen-bond acceptors (Lipinski definition) is 6. The van der Waals surface area contributed by atoms with Crippen LogP contribution >= 0.6 is 0 Å². The van der Waals surface area contributed by atoms with E-state index in [4.69, 9.17) is 8.85 Å². The third-order valence-electron chi connectivity index (χ3n) is 6.10. The Balaban J connectivity index is 1.74. The van der Waals surface area contributed by atoms with Crippen LogP contribution in [0.3, 0.4) is 0 Å². The summed E-state index contributed by atoms with van der Waals surface area (Å²) in [6.45, 7) is 6.35. The Morgan fingerprint density at radius 2 is 2.08 bits per heavy atom. The van der Waals surface area contributed by atoms with Crippen molar-refractivity contribution < 1.29 is 13.6 Å². The Labute approximate surface area is 222 Å². The molecular formula is C29H34N6O2. The molecule has 4 aromatic rings. The SMILES string of the molecule is [2H]C([2H])([2H])n1cc(-c2ccnc(Nc3cc(NC(=O)C=C)c(N(C)CCC(C)C)cc3OC)n2)c2ccccc21. The molecule has 8 heteroatoms. The highest BCUT2D eigenvalue weighted by Crippen LogP contribution is 2.38. The van der Waals surface area contributed by atoms with Crippen LogP contribution in [0, 0.1) is 5.92 Å². The van der Waals surface area contributed by atoms with E-state index in [0.29, 0.717) is 39.8 Å². The minimum Gasteiger partial charge on any atom is -0.494 e. The van der Waals surface area contributed by atoms with Crippen molar-refractivity contribution in [2.75, 3.05) is 36.2 Å². The highest BCUT2D eigenvalue weighted by atomic mass is 16.5. The number of aromatic nitrogens is 3. The predicted octanol–water partition coefficient (Wildman–Crippen LogP) is 5.99. The number of fused-ring (bicyclic) bond motifs is 1. The molecule has 0 radical (unpaired) electrons. The van der Waals surface area contributed by atoms with E-state index in [1.165, 1.54) is 10.6 Å². The first kappa shape index (κ1) is 21.9. The number of para-hydroxylation sites is 1. The summed E-state index contributed by atoms with van der Waals surface area (Å²) in [5, 5.41) is 6.86. The number of carbonyl (C=O) groups excluding carboxylic acids is 1. The van der Waals surface area contributed by atoms with E-state index in [1.54, 1.807) is 43.8 Å². The van der Waals surface area contributed by atoms with Gasteiger partial charge in [-0.1, -0.05) is 38.6 Å². The topological polar surface area (TPSA) is 84.3 Å². The van der Waals surface area contributed by atoms with Crippen LogP contribution in [0.4, 0.5) is 23.0 Å². The van der Waals surface area contributed by atoms with E-state index < -0.39 is 6.98 Å². The first-order valence-electron chi connectivity index (χ1n) is 13.6. The molecule has 0 bridgehead atoms. The lowest BCUT2D eigenvalue weighted by Crippen LogP contribution is -2.22. The normalized spacial score (nSPS) is 12.5. The van der Waals surface area contributed by atoms with Gasteiger partial charge in [0.05, 0.1) is 29.9 Å². The van der Waals surface area contributed by atoms with Crippen molar-refractivity contribution >= 4 is 39.8 Å². The summed E-state index contributed by atoms with van der Waals surface area (Å²) < 4.78 is 30.8. The zero-order chi connectivity index (χ0) is 29.0. The molecule has 37 heavy (non-hydrogen) atoms. The molecule has 0 fully saturated rings. The van der Waals surface area contributed by atoms with Gasteiger partial charge in [0.15, 0.2) is 0 Å². The summed E-state index contributed by atoms with van der Waals surface area (Å²) in [5.41, 5.74) is 3.74. The monoisotopic (exact) mass is 501 g/mol. The third kappa shape index (κ3) is 5.74. The number of anilines is 4. The number of ether oxygens (including phenoxy) is 1. The van der Waals surface area contributed by atoms with Crippen LogP contribution in [0.5, 0.6) is 5.75 Å². The number of nitrogens with zero attached hydrogens (tertiary/aromatic N) is 4. The zero-order valence-electron chi connectivity index (χ0n) is 24.6. The second-order valence-corrected chi connectivity index (χ2v) is 9.19. The number of methoxy groups -OCH3 is 1. The fourth-order valence-electron chi connectivity index (χ4n) is 4.08. The van der Waals surface area contributed by atoms with E-state index in [9.17, 15) is 4.79 Å². The minimum atomic E-state index is -2.34. The van der Waals surface area contributed by atoms with Crippen LogP contribution in [0.2, 0.25) is 0 Å². The summed E-state index contributed by atoms with van der Waals surface area (Å²) in [5.74, 6) is 1.01. The molecule has 0 saturated carbocycles. The quantitative estimate of drug-likeness (QED) is 0.260. The Kier molecular flexibility index (Phi) is 6.61. The number of rotatable bonds is 10. The van der Waals surface area contributed by atoms with E-state index in [2.05, 4.69) is 45.9 Å². The van der Waals surface area contributed by atoms with Crippen molar-refractivity contribution in [3.05, 3.63) is 67.5 Å². The van der Waals surface area contributed by atoms with E-state index >= 15 is 0 Å². The molecule has 0 aliphatic rings. The zero-order valence-corrected chi connectivity index (χ0v) is 21.6. The highest BCUT2D eigenvalue weighted by Gasteiger charge is 2.17. The van der Waals surface area contributed by atoms with Crippen molar-refractivity contribution in [3.63, 3.8) is 0 Å². The Bertz CT molecular complexity index is 1530. The van der Waals surface area contributed by atoms with Crippen molar-refractivity contribution in [2.24, 2.45) is 12.9 Å². The van der Waals surface area contributed by atoms with Gasteiger partial charge in [-0.3, -0.25) is 4.79 Å². The van der Waals surface area contributed by atoms with Gasteiger partial charge >= 0.3 is 0 Å². The number of aryl methyl sites for hydroxylation is 1. The lowest BCUT2D eigenvalue weighted by atomic mass is 10.1. The van der Waals surface area contributed by atoms with Gasteiger partial charge in [0.2, 0.25) is 11.9 Å². The van der Waals surface area contributed by atoms with E-state index in [1.807, 2.05) is 25.2 Å². The molecule has 1 amide bonds. The second-order valence-electron chi connectivity index (χ2n) is 9.19. The Morgan fingerprint density at radius 3 is 2.81 bits per heavy atom. The minimum absolute atomic E-state index is 0.281. The molecular weight excluding hydrogens is 464 g/mol. The van der Waals surface area contributed by atoms with Gasteiger partial charge in [-0.15, -0.1) is 0 Å². The van der Waals surface area contributed by atoms with Crippen LogP contribution in [0.1, 0.15) is 24.4 Å².